The molecule has 0 fully saturated rings. The second-order valence-electron chi connectivity index (χ2n) is 8.54. The van der Waals surface area contributed by atoms with Gasteiger partial charge in [0.15, 0.2) is 5.65 Å². The number of nitrogens with zero attached hydrogens (tertiary/aromatic N) is 5. The predicted octanol–water partition coefficient (Wildman–Crippen LogP) is 3.42. The molecule has 9 heteroatoms. The minimum atomic E-state index is -0.560. The van der Waals surface area contributed by atoms with Crippen LogP contribution in [0.4, 0.5) is 4.39 Å². The van der Waals surface area contributed by atoms with E-state index in [1.807, 2.05) is 39.8 Å². The van der Waals surface area contributed by atoms with Crippen LogP contribution in [0, 0.1) is 25.7 Å². The van der Waals surface area contributed by atoms with Crippen molar-refractivity contribution in [3.05, 3.63) is 51.4 Å². The highest BCUT2D eigenvalue weighted by molar-refractivity contribution is 6.31. The molecule has 4 rings (SSSR count). The summed E-state index contributed by atoms with van der Waals surface area (Å²) in [6.45, 7) is 7.46. The molecule has 2 aliphatic rings. The number of likely N-dealkylation sites (N-methyl/N-ethyl adjacent to an activating group) is 1. The number of allylic oxidation sites excluding steroid dienone is 3. The van der Waals surface area contributed by atoms with Crippen molar-refractivity contribution in [2.45, 2.75) is 33.9 Å². The minimum Gasteiger partial charge on any atom is -0.496 e. The zero-order valence-corrected chi connectivity index (χ0v) is 19.2. The van der Waals surface area contributed by atoms with Gasteiger partial charge in [0.25, 0.3) is 0 Å². The fraction of sp³-hybridized carbons (Fsp3) is 0.500. The Morgan fingerprint density at radius 1 is 1.35 bits per heavy atom. The first-order valence-corrected chi connectivity index (χ1v) is 10.7. The first-order valence-electron chi connectivity index (χ1n) is 10.4. The summed E-state index contributed by atoms with van der Waals surface area (Å²) in [5.74, 6) is -0.941. The molecule has 2 aromatic rings. The number of fused-ring (bicyclic) bond motifs is 3. The lowest BCUT2D eigenvalue weighted by Gasteiger charge is -2.30. The standard InChI is InChI=1S/C22H27ClFN5O2/c1-12-8-15(24)9-18(31-7-6-27(4)5)19(12)22(30)28-10-16-17(11-28)26-29-14(3)20(23)13(2)25-21(16)29/h8-9,12,19H,6-7,10-11H2,1-5H3. The molecule has 0 saturated heterocycles. The number of aryl methyl sites for hydroxylation is 2. The second kappa shape index (κ2) is 8.24. The number of amides is 1. The van der Waals surface area contributed by atoms with Crippen LogP contribution < -0.4 is 0 Å². The molecule has 1 amide bonds. The maximum Gasteiger partial charge on any atom is 0.234 e. The Hall–Kier alpha value is -2.45. The lowest BCUT2D eigenvalue weighted by molar-refractivity contribution is -0.137. The zero-order valence-electron chi connectivity index (χ0n) is 18.4. The van der Waals surface area contributed by atoms with Crippen LogP contribution in [0.5, 0.6) is 0 Å². The number of ether oxygens (including phenoxy) is 1. The molecular weight excluding hydrogens is 421 g/mol. The Morgan fingerprint density at radius 2 is 2.10 bits per heavy atom. The molecule has 1 aliphatic heterocycles. The van der Waals surface area contributed by atoms with Gasteiger partial charge in [-0.25, -0.2) is 13.9 Å². The molecule has 2 atom stereocenters. The van der Waals surface area contributed by atoms with Crippen LogP contribution in [0.1, 0.15) is 29.6 Å². The minimum absolute atomic E-state index is 0.0917. The lowest BCUT2D eigenvalue weighted by atomic mass is 9.86. The third-order valence-electron chi connectivity index (χ3n) is 5.88. The molecule has 1 aliphatic carbocycles. The molecule has 3 heterocycles. The van der Waals surface area contributed by atoms with Gasteiger partial charge in [0.1, 0.15) is 24.1 Å². The Bertz CT molecular complexity index is 1110. The van der Waals surface area contributed by atoms with Crippen molar-refractivity contribution in [1.29, 1.82) is 0 Å². The van der Waals surface area contributed by atoms with Crippen LogP contribution in [0.25, 0.3) is 5.65 Å². The van der Waals surface area contributed by atoms with Gasteiger partial charge in [-0.15, -0.1) is 0 Å². The van der Waals surface area contributed by atoms with E-state index in [0.717, 1.165) is 28.3 Å². The van der Waals surface area contributed by atoms with Crippen LogP contribution in [0.2, 0.25) is 5.02 Å². The van der Waals surface area contributed by atoms with E-state index >= 15 is 0 Å². The number of hydrogen-bond donors (Lipinski definition) is 0. The largest absolute Gasteiger partial charge is 0.496 e. The highest BCUT2D eigenvalue weighted by Gasteiger charge is 2.39. The number of carbonyl (C=O) groups is 1. The number of carbonyl (C=O) groups excluding carboxylic acids is 1. The smallest absolute Gasteiger partial charge is 0.234 e. The number of halogens is 2. The van der Waals surface area contributed by atoms with Gasteiger partial charge in [0.2, 0.25) is 5.91 Å². The summed E-state index contributed by atoms with van der Waals surface area (Å²) in [4.78, 5) is 21.8. The van der Waals surface area contributed by atoms with Gasteiger partial charge in [0.05, 0.1) is 35.2 Å². The van der Waals surface area contributed by atoms with Crippen LogP contribution in [-0.2, 0) is 22.6 Å². The van der Waals surface area contributed by atoms with Crippen LogP contribution in [-0.4, -0.2) is 57.6 Å². The number of rotatable bonds is 5. The molecule has 2 unspecified atom stereocenters. The predicted molar refractivity (Wildman–Crippen MR) is 116 cm³/mol. The summed E-state index contributed by atoms with van der Waals surface area (Å²) in [6, 6.07) is 0. The summed E-state index contributed by atoms with van der Waals surface area (Å²) < 4.78 is 21.7. The van der Waals surface area contributed by atoms with Gasteiger partial charge < -0.3 is 14.5 Å². The lowest BCUT2D eigenvalue weighted by Crippen LogP contribution is -2.38. The van der Waals surface area contributed by atoms with Crippen molar-refractivity contribution < 1.29 is 13.9 Å². The molecule has 166 valence electrons. The van der Waals surface area contributed by atoms with Gasteiger partial charge in [-0.1, -0.05) is 18.5 Å². The van der Waals surface area contributed by atoms with Crippen molar-refractivity contribution in [1.82, 2.24) is 24.4 Å². The molecule has 0 spiro atoms. The molecule has 31 heavy (non-hydrogen) atoms. The number of aromatic nitrogens is 3. The van der Waals surface area contributed by atoms with Gasteiger partial charge in [-0.05, 0) is 39.9 Å². The van der Waals surface area contributed by atoms with Crippen molar-refractivity contribution in [3.63, 3.8) is 0 Å². The van der Waals surface area contributed by atoms with Crippen LogP contribution >= 0.6 is 11.6 Å². The van der Waals surface area contributed by atoms with E-state index in [4.69, 9.17) is 16.3 Å². The molecule has 0 N–H and O–H groups in total. The SMILES string of the molecule is Cc1nc2c3c(nn2c(C)c1Cl)CN(C(=O)C1C(OCCN(C)C)=CC(F)=CC1C)C3. The van der Waals surface area contributed by atoms with Gasteiger partial charge in [0, 0.05) is 18.2 Å². The van der Waals surface area contributed by atoms with Crippen LogP contribution in [0.3, 0.4) is 0 Å². The molecule has 0 radical (unpaired) electrons. The Morgan fingerprint density at radius 3 is 2.81 bits per heavy atom. The van der Waals surface area contributed by atoms with Crippen molar-refractivity contribution in [2.24, 2.45) is 11.8 Å². The normalized spacial score (nSPS) is 20.8. The van der Waals surface area contributed by atoms with Crippen molar-refractivity contribution in [2.75, 3.05) is 27.2 Å². The second-order valence-corrected chi connectivity index (χ2v) is 8.92. The summed E-state index contributed by atoms with van der Waals surface area (Å²) in [5.41, 5.74) is 4.04. The van der Waals surface area contributed by atoms with Gasteiger partial charge in [-0.3, -0.25) is 4.79 Å². The third-order valence-corrected chi connectivity index (χ3v) is 6.42. The Labute approximate surface area is 186 Å². The van der Waals surface area contributed by atoms with E-state index in [2.05, 4.69) is 10.1 Å². The first kappa shape index (κ1) is 21.8. The molecule has 0 saturated carbocycles. The van der Waals surface area contributed by atoms with E-state index < -0.39 is 5.92 Å². The van der Waals surface area contributed by atoms with E-state index in [-0.39, 0.29) is 17.7 Å². The van der Waals surface area contributed by atoms with E-state index in [1.54, 1.807) is 9.42 Å². The molecule has 0 bridgehead atoms. The molecule has 0 aromatic carbocycles. The molecule has 2 aromatic heterocycles. The third kappa shape index (κ3) is 3.94. The van der Waals surface area contributed by atoms with E-state index in [0.29, 0.717) is 37.0 Å². The summed E-state index contributed by atoms with van der Waals surface area (Å²) in [7, 11) is 3.87. The van der Waals surface area contributed by atoms with Crippen molar-refractivity contribution in [3.8, 4) is 0 Å². The van der Waals surface area contributed by atoms with E-state index in [9.17, 15) is 9.18 Å². The number of hydrogen-bond acceptors (Lipinski definition) is 5. The zero-order chi connectivity index (χ0) is 22.4. The maximum atomic E-state index is 14.1. The fourth-order valence-electron chi connectivity index (χ4n) is 4.17. The van der Waals surface area contributed by atoms with E-state index in [1.165, 1.54) is 12.2 Å². The van der Waals surface area contributed by atoms with Crippen LogP contribution in [0.15, 0.2) is 23.7 Å². The summed E-state index contributed by atoms with van der Waals surface area (Å²) >= 11 is 6.32. The topological polar surface area (TPSA) is 63.0 Å². The quantitative estimate of drug-likeness (QED) is 0.702. The monoisotopic (exact) mass is 447 g/mol. The van der Waals surface area contributed by atoms with Gasteiger partial charge >= 0.3 is 0 Å². The Kier molecular flexibility index (Phi) is 5.79. The first-order chi connectivity index (χ1) is 14.7. The molecule has 7 nitrogen and oxygen atoms in total. The average molecular weight is 448 g/mol. The van der Waals surface area contributed by atoms with Crippen molar-refractivity contribution >= 4 is 23.2 Å². The summed E-state index contributed by atoms with van der Waals surface area (Å²) in [5, 5.41) is 5.24. The molecular formula is C22H27ClFN5O2. The maximum absolute atomic E-state index is 14.1. The highest BCUT2D eigenvalue weighted by Crippen LogP contribution is 2.35. The van der Waals surface area contributed by atoms with Gasteiger partial charge in [-0.2, -0.15) is 5.10 Å². The fourth-order valence-corrected chi connectivity index (χ4v) is 4.29. The highest BCUT2D eigenvalue weighted by atomic mass is 35.5. The summed E-state index contributed by atoms with van der Waals surface area (Å²) in [6.07, 6.45) is 2.81. The Balaban J connectivity index is 1.57. The average Bonchev–Trinajstić information content (AvgIpc) is 3.24.